The molecule has 3 rings (SSSR count). The van der Waals surface area contributed by atoms with Gasteiger partial charge in [-0.05, 0) is 56.6 Å². The lowest BCUT2D eigenvalue weighted by molar-refractivity contribution is -0.138. The summed E-state index contributed by atoms with van der Waals surface area (Å²) in [5.41, 5.74) is 7.03. The summed E-state index contributed by atoms with van der Waals surface area (Å²) in [6.45, 7) is 5.51. The highest BCUT2D eigenvalue weighted by Crippen LogP contribution is 2.33. The summed E-state index contributed by atoms with van der Waals surface area (Å²) >= 11 is 0. The van der Waals surface area contributed by atoms with Crippen LogP contribution < -0.4 is 5.73 Å². The van der Waals surface area contributed by atoms with Crippen LogP contribution in [-0.4, -0.2) is 40.2 Å². The molecule has 1 aliphatic heterocycles. The monoisotopic (exact) mass is 304 g/mol. The molecule has 22 heavy (non-hydrogen) atoms. The maximum absolute atomic E-state index is 12.7. The third-order valence-corrected chi connectivity index (χ3v) is 5.41. The van der Waals surface area contributed by atoms with Crippen molar-refractivity contribution in [3.05, 3.63) is 18.0 Å². The predicted octanol–water partition coefficient (Wildman–Crippen LogP) is 1.81. The maximum atomic E-state index is 12.7. The third-order valence-electron chi connectivity index (χ3n) is 5.41. The molecule has 0 spiro atoms. The fraction of sp³-hybridized carbons (Fsp3) is 0.765. The molecular weight excluding hydrogens is 276 g/mol. The van der Waals surface area contributed by atoms with Gasteiger partial charge in [-0.2, -0.15) is 5.10 Å². The average molecular weight is 304 g/mol. The Kier molecular flexibility index (Phi) is 4.81. The molecular formula is C17H28N4O. The first kappa shape index (κ1) is 15.5. The van der Waals surface area contributed by atoms with Gasteiger partial charge >= 0.3 is 0 Å². The van der Waals surface area contributed by atoms with Gasteiger partial charge in [0, 0.05) is 31.7 Å². The van der Waals surface area contributed by atoms with Crippen LogP contribution in [0.4, 0.5) is 0 Å². The minimum atomic E-state index is 0.190. The van der Waals surface area contributed by atoms with Gasteiger partial charge < -0.3 is 10.6 Å². The van der Waals surface area contributed by atoms with Gasteiger partial charge in [-0.3, -0.25) is 9.48 Å². The van der Waals surface area contributed by atoms with Gasteiger partial charge in [0.05, 0.1) is 6.20 Å². The van der Waals surface area contributed by atoms with Gasteiger partial charge in [0.25, 0.3) is 0 Å². The lowest BCUT2D eigenvalue weighted by Crippen LogP contribution is -2.44. The lowest BCUT2D eigenvalue weighted by Gasteiger charge is -2.34. The number of hydrogen-bond donors (Lipinski definition) is 1. The lowest BCUT2D eigenvalue weighted by atomic mass is 9.92. The first-order valence-electron chi connectivity index (χ1n) is 8.65. The van der Waals surface area contributed by atoms with Crippen LogP contribution in [0.5, 0.6) is 0 Å². The molecule has 0 radical (unpaired) electrons. The first-order chi connectivity index (χ1) is 10.7. The topological polar surface area (TPSA) is 64.2 Å². The van der Waals surface area contributed by atoms with Crippen molar-refractivity contribution < 1.29 is 4.79 Å². The average Bonchev–Trinajstić information content (AvgIpc) is 3.16. The number of piperidine rings is 1. The number of hydrogen-bond acceptors (Lipinski definition) is 3. The van der Waals surface area contributed by atoms with Gasteiger partial charge in [0.1, 0.15) is 0 Å². The molecule has 0 unspecified atom stereocenters. The molecule has 1 aliphatic carbocycles. The zero-order chi connectivity index (χ0) is 15.5. The number of carbonyl (C=O) groups excluding carboxylic acids is 1. The quantitative estimate of drug-likeness (QED) is 0.922. The molecule has 1 amide bonds. The van der Waals surface area contributed by atoms with E-state index in [2.05, 4.69) is 23.1 Å². The zero-order valence-corrected chi connectivity index (χ0v) is 13.6. The van der Waals surface area contributed by atoms with Crippen molar-refractivity contribution in [2.45, 2.75) is 45.6 Å². The Morgan fingerprint density at radius 1 is 1.32 bits per heavy atom. The van der Waals surface area contributed by atoms with E-state index in [1.165, 1.54) is 5.56 Å². The maximum Gasteiger partial charge on any atom is 0.226 e. The van der Waals surface area contributed by atoms with Crippen LogP contribution in [0, 0.1) is 24.7 Å². The molecule has 1 aromatic rings. The number of carbonyl (C=O) groups is 1. The van der Waals surface area contributed by atoms with Gasteiger partial charge in [0.15, 0.2) is 0 Å². The fourth-order valence-electron chi connectivity index (χ4n) is 4.05. The number of nitrogens with two attached hydrogens (primary N) is 1. The van der Waals surface area contributed by atoms with Crippen molar-refractivity contribution in [1.29, 1.82) is 0 Å². The molecule has 0 aromatic carbocycles. The molecule has 2 aliphatic rings. The van der Waals surface area contributed by atoms with Gasteiger partial charge in [-0.1, -0.05) is 6.42 Å². The Morgan fingerprint density at radius 3 is 2.73 bits per heavy atom. The summed E-state index contributed by atoms with van der Waals surface area (Å²) in [5, 5.41) is 4.37. The summed E-state index contributed by atoms with van der Waals surface area (Å²) in [6.07, 6.45) is 9.51. The molecule has 122 valence electrons. The molecule has 5 heteroatoms. The van der Waals surface area contributed by atoms with Crippen LogP contribution >= 0.6 is 0 Å². The third kappa shape index (κ3) is 3.35. The van der Waals surface area contributed by atoms with Crippen molar-refractivity contribution in [3.8, 4) is 0 Å². The summed E-state index contributed by atoms with van der Waals surface area (Å²) in [4.78, 5) is 14.8. The minimum Gasteiger partial charge on any atom is -0.342 e. The van der Waals surface area contributed by atoms with E-state index in [1.807, 2.05) is 10.9 Å². The second-order valence-corrected chi connectivity index (χ2v) is 7.04. The van der Waals surface area contributed by atoms with Crippen LogP contribution in [0.15, 0.2) is 12.4 Å². The number of likely N-dealkylation sites (tertiary alicyclic amines) is 1. The Labute approximate surface area is 132 Å². The van der Waals surface area contributed by atoms with E-state index in [9.17, 15) is 4.79 Å². The number of amides is 1. The molecule has 1 aromatic heterocycles. The number of aryl methyl sites for hydroxylation is 1. The van der Waals surface area contributed by atoms with Crippen LogP contribution in [0.3, 0.4) is 0 Å². The fourth-order valence-corrected chi connectivity index (χ4v) is 4.05. The highest BCUT2D eigenvalue weighted by molar-refractivity contribution is 5.79. The summed E-state index contributed by atoms with van der Waals surface area (Å²) in [7, 11) is 0. The second kappa shape index (κ2) is 6.82. The van der Waals surface area contributed by atoms with E-state index in [1.54, 1.807) is 0 Å². The van der Waals surface area contributed by atoms with Crippen molar-refractivity contribution in [2.75, 3.05) is 19.6 Å². The number of rotatable bonds is 4. The van der Waals surface area contributed by atoms with Gasteiger partial charge in [-0.15, -0.1) is 0 Å². The summed E-state index contributed by atoms with van der Waals surface area (Å²) in [6, 6.07) is 0. The number of aromatic nitrogens is 2. The smallest absolute Gasteiger partial charge is 0.226 e. The largest absolute Gasteiger partial charge is 0.342 e. The van der Waals surface area contributed by atoms with Crippen LogP contribution in [-0.2, 0) is 11.3 Å². The van der Waals surface area contributed by atoms with E-state index in [0.29, 0.717) is 24.3 Å². The van der Waals surface area contributed by atoms with E-state index in [0.717, 1.165) is 51.7 Å². The Hall–Kier alpha value is -1.36. The van der Waals surface area contributed by atoms with E-state index in [-0.39, 0.29) is 5.92 Å². The highest BCUT2D eigenvalue weighted by atomic mass is 16.2. The van der Waals surface area contributed by atoms with Crippen molar-refractivity contribution in [3.63, 3.8) is 0 Å². The number of nitrogens with zero attached hydrogens (tertiary/aromatic N) is 3. The molecule has 5 nitrogen and oxygen atoms in total. The summed E-state index contributed by atoms with van der Waals surface area (Å²) in [5.74, 6) is 1.60. The molecule has 1 saturated carbocycles. The molecule has 2 atom stereocenters. The Balaban J connectivity index is 1.50. The van der Waals surface area contributed by atoms with Crippen molar-refractivity contribution >= 4 is 5.91 Å². The predicted molar refractivity (Wildman–Crippen MR) is 86.2 cm³/mol. The minimum absolute atomic E-state index is 0.190. The Bertz CT molecular complexity index is 505. The second-order valence-electron chi connectivity index (χ2n) is 7.04. The van der Waals surface area contributed by atoms with Gasteiger partial charge in [0.2, 0.25) is 5.91 Å². The molecule has 0 bridgehead atoms. The summed E-state index contributed by atoms with van der Waals surface area (Å²) < 4.78 is 2.04. The molecule has 2 fully saturated rings. The van der Waals surface area contributed by atoms with Gasteiger partial charge in [-0.25, -0.2) is 0 Å². The first-order valence-corrected chi connectivity index (χ1v) is 8.65. The standard InChI is InChI=1S/C17H28N4O/c1-13-10-19-21(11-13)12-14-5-7-20(8-6-14)17(22)16-4-2-3-15(16)9-18/h10-11,14-16H,2-9,12,18H2,1H3/t15-,16-/m1/s1. The van der Waals surface area contributed by atoms with E-state index >= 15 is 0 Å². The van der Waals surface area contributed by atoms with Crippen LogP contribution in [0.1, 0.15) is 37.7 Å². The molecule has 2 N–H and O–H groups in total. The highest BCUT2D eigenvalue weighted by Gasteiger charge is 2.35. The van der Waals surface area contributed by atoms with E-state index in [4.69, 9.17) is 5.73 Å². The molecule has 2 heterocycles. The van der Waals surface area contributed by atoms with Crippen LogP contribution in [0.25, 0.3) is 0 Å². The Morgan fingerprint density at radius 2 is 2.09 bits per heavy atom. The van der Waals surface area contributed by atoms with E-state index < -0.39 is 0 Å². The van der Waals surface area contributed by atoms with Crippen molar-refractivity contribution in [1.82, 2.24) is 14.7 Å². The normalized spacial score (nSPS) is 26.5. The van der Waals surface area contributed by atoms with Crippen molar-refractivity contribution in [2.24, 2.45) is 23.5 Å². The SMILES string of the molecule is Cc1cnn(CC2CCN(C(=O)[C@@H]3CCC[C@@H]3CN)CC2)c1. The molecule has 1 saturated heterocycles. The zero-order valence-electron chi connectivity index (χ0n) is 13.6. The van der Waals surface area contributed by atoms with Crippen LogP contribution in [0.2, 0.25) is 0 Å².